The first-order valence-corrected chi connectivity index (χ1v) is 8.14. The zero-order valence-corrected chi connectivity index (χ0v) is 14.3. The minimum atomic E-state index is -0.149. The van der Waals surface area contributed by atoms with E-state index in [-0.39, 0.29) is 11.5 Å². The molecule has 0 N–H and O–H groups in total. The number of aryl methyl sites for hydroxylation is 1. The summed E-state index contributed by atoms with van der Waals surface area (Å²) >= 11 is 0. The highest BCUT2D eigenvalue weighted by molar-refractivity contribution is 6.05. The molecule has 0 atom stereocenters. The second kappa shape index (κ2) is 7.18. The second-order valence-corrected chi connectivity index (χ2v) is 6.07. The van der Waals surface area contributed by atoms with E-state index in [9.17, 15) is 9.59 Å². The third-order valence-electron chi connectivity index (χ3n) is 4.15. The lowest BCUT2D eigenvalue weighted by atomic mass is 10.1. The van der Waals surface area contributed by atoms with Crippen molar-refractivity contribution >= 4 is 11.6 Å². The first-order chi connectivity index (χ1) is 12.0. The predicted molar refractivity (Wildman–Crippen MR) is 100 cm³/mol. The molecular weight excluding hydrogens is 312 g/mol. The maximum atomic E-state index is 12.7. The molecule has 1 heterocycles. The van der Waals surface area contributed by atoms with E-state index in [2.05, 4.69) is 0 Å². The monoisotopic (exact) mass is 332 g/mol. The fourth-order valence-corrected chi connectivity index (χ4v) is 2.63. The van der Waals surface area contributed by atoms with Crippen LogP contribution in [-0.4, -0.2) is 17.5 Å². The summed E-state index contributed by atoms with van der Waals surface area (Å²) in [6.45, 7) is 2.46. The number of benzene rings is 2. The number of aromatic nitrogens is 1. The van der Waals surface area contributed by atoms with Crippen molar-refractivity contribution in [3.63, 3.8) is 0 Å². The van der Waals surface area contributed by atoms with Gasteiger partial charge >= 0.3 is 0 Å². The van der Waals surface area contributed by atoms with E-state index in [4.69, 9.17) is 0 Å². The van der Waals surface area contributed by atoms with Crippen LogP contribution in [0.2, 0.25) is 0 Å². The van der Waals surface area contributed by atoms with Crippen LogP contribution in [0.25, 0.3) is 0 Å². The largest absolute Gasteiger partial charge is 0.311 e. The number of hydrogen-bond acceptors (Lipinski definition) is 2. The number of carbonyl (C=O) groups excluding carboxylic acids is 1. The number of rotatable bonds is 4. The average molecular weight is 332 g/mol. The zero-order valence-electron chi connectivity index (χ0n) is 14.3. The Labute approximate surface area is 147 Å². The zero-order chi connectivity index (χ0) is 17.8. The number of hydrogen-bond donors (Lipinski definition) is 0. The lowest BCUT2D eigenvalue weighted by molar-refractivity contribution is 0.0992. The Morgan fingerprint density at radius 3 is 2.32 bits per heavy atom. The van der Waals surface area contributed by atoms with Crippen LogP contribution in [0.4, 0.5) is 5.69 Å². The van der Waals surface area contributed by atoms with Crippen molar-refractivity contribution in [3.8, 4) is 0 Å². The van der Waals surface area contributed by atoms with Gasteiger partial charge in [0, 0.05) is 25.0 Å². The molecule has 3 rings (SSSR count). The fourth-order valence-electron chi connectivity index (χ4n) is 2.63. The fraction of sp³-hybridized carbons (Fsp3) is 0.143. The van der Waals surface area contributed by atoms with Crippen molar-refractivity contribution in [1.29, 1.82) is 0 Å². The van der Waals surface area contributed by atoms with Gasteiger partial charge in [-0.1, -0.05) is 48.0 Å². The van der Waals surface area contributed by atoms with Crippen molar-refractivity contribution in [1.82, 2.24) is 4.57 Å². The molecule has 126 valence electrons. The van der Waals surface area contributed by atoms with Crippen LogP contribution in [-0.2, 0) is 6.54 Å². The van der Waals surface area contributed by atoms with Gasteiger partial charge in [0.15, 0.2) is 0 Å². The highest BCUT2D eigenvalue weighted by Crippen LogP contribution is 2.14. The van der Waals surface area contributed by atoms with Gasteiger partial charge in [0.2, 0.25) is 0 Å². The van der Waals surface area contributed by atoms with Gasteiger partial charge in [-0.05, 0) is 30.7 Å². The molecule has 0 radical (unpaired) electrons. The van der Waals surface area contributed by atoms with E-state index in [0.717, 1.165) is 11.3 Å². The molecule has 4 nitrogen and oxygen atoms in total. The number of amides is 1. The number of carbonyl (C=O) groups is 1. The summed E-state index contributed by atoms with van der Waals surface area (Å²) in [6, 6.07) is 20.5. The Bertz CT molecular complexity index is 928. The lowest BCUT2D eigenvalue weighted by Crippen LogP contribution is -2.28. The van der Waals surface area contributed by atoms with Crippen molar-refractivity contribution in [2.75, 3.05) is 11.9 Å². The van der Waals surface area contributed by atoms with E-state index in [0.29, 0.717) is 12.1 Å². The Morgan fingerprint density at radius 1 is 0.960 bits per heavy atom. The number of pyridine rings is 1. The smallest absolute Gasteiger partial charge is 0.259 e. The SMILES string of the molecule is Cc1ccc(Cn2cc(C(=O)N(C)c3ccccc3)ccc2=O)cc1. The number of nitrogens with zero attached hydrogens (tertiary/aromatic N) is 2. The summed E-state index contributed by atoms with van der Waals surface area (Å²) in [7, 11) is 1.73. The highest BCUT2D eigenvalue weighted by Gasteiger charge is 2.14. The summed E-state index contributed by atoms with van der Waals surface area (Å²) in [5.74, 6) is -0.149. The van der Waals surface area contributed by atoms with Crippen molar-refractivity contribution < 1.29 is 4.79 Å². The van der Waals surface area contributed by atoms with Crippen LogP contribution >= 0.6 is 0 Å². The minimum Gasteiger partial charge on any atom is -0.311 e. The molecule has 2 aromatic carbocycles. The summed E-state index contributed by atoms with van der Waals surface area (Å²) in [6.07, 6.45) is 1.63. The summed E-state index contributed by atoms with van der Waals surface area (Å²) in [5, 5.41) is 0. The number of para-hydroxylation sites is 1. The van der Waals surface area contributed by atoms with Gasteiger partial charge in [-0.2, -0.15) is 0 Å². The second-order valence-electron chi connectivity index (χ2n) is 6.07. The molecule has 0 aliphatic carbocycles. The predicted octanol–water partition coefficient (Wildman–Crippen LogP) is 3.48. The number of anilines is 1. The molecule has 0 fully saturated rings. The van der Waals surface area contributed by atoms with Gasteiger partial charge in [-0.25, -0.2) is 0 Å². The normalized spacial score (nSPS) is 10.5. The molecule has 0 spiro atoms. The van der Waals surface area contributed by atoms with Gasteiger partial charge in [-0.3, -0.25) is 9.59 Å². The third-order valence-corrected chi connectivity index (χ3v) is 4.15. The topological polar surface area (TPSA) is 42.3 Å². The van der Waals surface area contributed by atoms with Crippen LogP contribution in [0.3, 0.4) is 0 Å². The van der Waals surface area contributed by atoms with E-state index >= 15 is 0 Å². The quantitative estimate of drug-likeness (QED) is 0.734. The van der Waals surface area contributed by atoms with Gasteiger partial charge in [0.1, 0.15) is 0 Å². The molecule has 0 saturated carbocycles. The summed E-state index contributed by atoms with van der Waals surface area (Å²) in [5.41, 5.74) is 3.36. The summed E-state index contributed by atoms with van der Waals surface area (Å²) < 4.78 is 1.57. The van der Waals surface area contributed by atoms with Gasteiger partial charge < -0.3 is 9.47 Å². The molecule has 0 unspecified atom stereocenters. The van der Waals surface area contributed by atoms with Gasteiger partial charge in [0.25, 0.3) is 11.5 Å². The van der Waals surface area contributed by atoms with E-state index in [1.165, 1.54) is 11.6 Å². The molecular formula is C21H20N2O2. The Hall–Kier alpha value is -3.14. The van der Waals surface area contributed by atoms with Crippen molar-refractivity contribution in [2.45, 2.75) is 13.5 Å². The highest BCUT2D eigenvalue weighted by atomic mass is 16.2. The van der Waals surface area contributed by atoms with E-state index in [1.54, 1.807) is 28.8 Å². The third kappa shape index (κ3) is 3.86. The van der Waals surface area contributed by atoms with Crippen LogP contribution < -0.4 is 10.5 Å². The summed E-state index contributed by atoms with van der Waals surface area (Å²) in [4.78, 5) is 26.4. The van der Waals surface area contributed by atoms with Crippen LogP contribution in [0, 0.1) is 6.92 Å². The minimum absolute atomic E-state index is 0.125. The first-order valence-electron chi connectivity index (χ1n) is 8.14. The van der Waals surface area contributed by atoms with Crippen LogP contribution in [0.15, 0.2) is 77.7 Å². The molecule has 0 aliphatic heterocycles. The molecule has 3 aromatic rings. The molecule has 0 bridgehead atoms. The van der Waals surface area contributed by atoms with Crippen LogP contribution in [0.1, 0.15) is 21.5 Å². The maximum Gasteiger partial charge on any atom is 0.259 e. The Morgan fingerprint density at radius 2 is 1.64 bits per heavy atom. The Kier molecular flexibility index (Phi) is 4.80. The van der Waals surface area contributed by atoms with Gasteiger partial charge in [0.05, 0.1) is 12.1 Å². The molecule has 1 aromatic heterocycles. The first kappa shape index (κ1) is 16.7. The van der Waals surface area contributed by atoms with Crippen molar-refractivity contribution in [3.05, 3.63) is 100.0 Å². The average Bonchev–Trinajstić information content (AvgIpc) is 2.65. The molecule has 0 aliphatic rings. The van der Waals surface area contributed by atoms with Crippen molar-refractivity contribution in [2.24, 2.45) is 0 Å². The molecule has 0 saturated heterocycles. The molecule has 4 heteroatoms. The Balaban J connectivity index is 1.87. The lowest BCUT2D eigenvalue weighted by Gasteiger charge is -2.18. The van der Waals surface area contributed by atoms with E-state index < -0.39 is 0 Å². The van der Waals surface area contributed by atoms with E-state index in [1.807, 2.05) is 61.5 Å². The van der Waals surface area contributed by atoms with Crippen LogP contribution in [0.5, 0.6) is 0 Å². The molecule has 25 heavy (non-hydrogen) atoms. The van der Waals surface area contributed by atoms with Gasteiger partial charge in [-0.15, -0.1) is 0 Å². The standard InChI is InChI=1S/C21H20N2O2/c1-16-8-10-17(11-9-16)14-23-15-18(12-13-20(23)24)21(25)22(2)19-6-4-3-5-7-19/h3-13,15H,14H2,1-2H3. The maximum absolute atomic E-state index is 12.7. The molecule has 1 amide bonds.